The predicted molar refractivity (Wildman–Crippen MR) is 100 cm³/mol. The van der Waals surface area contributed by atoms with Gasteiger partial charge in [0.15, 0.2) is 0 Å². The summed E-state index contributed by atoms with van der Waals surface area (Å²) in [5, 5.41) is 18.8. The Morgan fingerprint density at radius 3 is 1.56 bits per heavy atom. The molecule has 8 nitrogen and oxygen atoms in total. The van der Waals surface area contributed by atoms with Gasteiger partial charge < -0.3 is 20.0 Å². The number of carbonyl (C=O) groups excluding carboxylic acids is 2. The normalized spacial score (nSPS) is 19.6. The van der Waals surface area contributed by atoms with Gasteiger partial charge in [0.25, 0.3) is 0 Å². The largest absolute Gasteiger partial charge is 0.481 e. The second-order valence-corrected chi connectivity index (χ2v) is 8.23. The zero-order chi connectivity index (χ0) is 19.8. The predicted octanol–water partition coefficient (Wildman–Crippen LogP) is 1.15. The van der Waals surface area contributed by atoms with Crippen LogP contribution in [0.5, 0.6) is 0 Å². The summed E-state index contributed by atoms with van der Waals surface area (Å²) in [5.74, 6) is -2.22. The Hall–Kier alpha value is -1.77. The zero-order valence-corrected chi connectivity index (χ0v) is 16.3. The van der Waals surface area contributed by atoms with Gasteiger partial charge in [0.05, 0.1) is 11.8 Å². The molecule has 2 amide bonds. The molecule has 2 heterocycles. The molecule has 27 heavy (non-hydrogen) atoms. The summed E-state index contributed by atoms with van der Waals surface area (Å²) >= 11 is 1.32. The van der Waals surface area contributed by atoms with Crippen molar-refractivity contribution in [2.75, 3.05) is 37.7 Å². The van der Waals surface area contributed by atoms with Gasteiger partial charge >= 0.3 is 11.9 Å². The molecule has 0 spiro atoms. The first-order chi connectivity index (χ1) is 12.9. The van der Waals surface area contributed by atoms with Crippen LogP contribution in [0, 0.1) is 11.8 Å². The van der Waals surface area contributed by atoms with Crippen molar-refractivity contribution in [3.05, 3.63) is 0 Å². The number of amides is 2. The van der Waals surface area contributed by atoms with Crippen LogP contribution in [-0.4, -0.2) is 81.5 Å². The molecule has 0 aromatic heterocycles. The van der Waals surface area contributed by atoms with Gasteiger partial charge in [-0.15, -0.1) is 0 Å². The molecule has 0 saturated carbocycles. The molecule has 0 aliphatic carbocycles. The molecule has 2 saturated heterocycles. The van der Waals surface area contributed by atoms with E-state index in [-0.39, 0.29) is 11.8 Å². The number of carboxylic acids is 2. The number of hydrogen-bond acceptors (Lipinski definition) is 5. The van der Waals surface area contributed by atoms with E-state index in [0.717, 1.165) is 12.8 Å². The van der Waals surface area contributed by atoms with Crippen molar-refractivity contribution in [1.29, 1.82) is 0 Å². The Bertz CT molecular complexity index is 522. The number of hydrogen-bond donors (Lipinski definition) is 2. The highest BCUT2D eigenvalue weighted by Gasteiger charge is 2.26. The van der Waals surface area contributed by atoms with Crippen LogP contribution in [0.1, 0.15) is 38.5 Å². The van der Waals surface area contributed by atoms with Crippen LogP contribution in [0.15, 0.2) is 0 Å². The monoisotopic (exact) mass is 400 g/mol. The molecule has 0 aromatic rings. The number of carboxylic acid groups (broad SMARTS) is 2. The van der Waals surface area contributed by atoms with E-state index < -0.39 is 23.8 Å². The maximum Gasteiger partial charge on any atom is 0.307 e. The van der Waals surface area contributed by atoms with E-state index in [9.17, 15) is 29.4 Å². The fraction of sp³-hybridized carbons (Fsp3) is 0.778. The molecule has 0 radical (unpaired) electrons. The molecule has 2 N–H and O–H groups in total. The van der Waals surface area contributed by atoms with Crippen LogP contribution in [0.4, 0.5) is 0 Å². The maximum atomic E-state index is 11.6. The third kappa shape index (κ3) is 6.71. The van der Waals surface area contributed by atoms with Gasteiger partial charge in [-0.1, -0.05) is 0 Å². The van der Waals surface area contributed by atoms with Gasteiger partial charge in [-0.2, -0.15) is 11.8 Å². The van der Waals surface area contributed by atoms with E-state index in [1.165, 1.54) is 11.8 Å². The van der Waals surface area contributed by atoms with Gasteiger partial charge in [0.1, 0.15) is 0 Å². The summed E-state index contributed by atoms with van der Waals surface area (Å²) in [6.45, 7) is 2.26. The standard InChI is InChI=1S/C18H28N2O6S/c21-15-3-1-7-19(15)9-5-13(17(23)24)11-27-12-14(18(25)26)6-10-20-8-2-4-16(20)22/h13-14H,1-12H2,(H,23,24)(H,25,26). The van der Waals surface area contributed by atoms with Crippen LogP contribution in [0.25, 0.3) is 0 Å². The van der Waals surface area contributed by atoms with Gasteiger partial charge in [-0.25, -0.2) is 0 Å². The van der Waals surface area contributed by atoms with Crippen molar-refractivity contribution in [2.24, 2.45) is 11.8 Å². The second kappa shape index (κ2) is 10.5. The van der Waals surface area contributed by atoms with Gasteiger partial charge in [0, 0.05) is 50.5 Å². The summed E-state index contributed by atoms with van der Waals surface area (Å²) in [5.41, 5.74) is 0. The Kier molecular flexibility index (Phi) is 8.40. The average molecular weight is 400 g/mol. The van der Waals surface area contributed by atoms with Crippen molar-refractivity contribution in [1.82, 2.24) is 9.80 Å². The minimum atomic E-state index is -0.913. The summed E-state index contributed by atoms with van der Waals surface area (Å²) in [7, 11) is 0. The summed E-state index contributed by atoms with van der Waals surface area (Å²) in [6, 6.07) is 0. The molecule has 2 aliphatic heterocycles. The highest BCUT2D eigenvalue weighted by molar-refractivity contribution is 7.99. The van der Waals surface area contributed by atoms with Crippen molar-refractivity contribution >= 4 is 35.5 Å². The van der Waals surface area contributed by atoms with Crippen molar-refractivity contribution in [2.45, 2.75) is 38.5 Å². The van der Waals surface area contributed by atoms with Crippen LogP contribution < -0.4 is 0 Å². The number of rotatable bonds is 12. The SMILES string of the molecule is O=C(O)C(CCN1CCCC1=O)CSCC(CCN1CCCC1=O)C(=O)O. The quantitative estimate of drug-likeness (QED) is 0.505. The number of nitrogens with zero attached hydrogens (tertiary/aromatic N) is 2. The summed E-state index contributed by atoms with van der Waals surface area (Å²) in [4.78, 5) is 49.6. The molecular formula is C18H28N2O6S. The van der Waals surface area contributed by atoms with Gasteiger partial charge in [0.2, 0.25) is 11.8 Å². The Morgan fingerprint density at radius 1 is 0.852 bits per heavy atom. The lowest BCUT2D eigenvalue weighted by Gasteiger charge is -2.20. The third-order valence-electron chi connectivity index (χ3n) is 5.17. The Morgan fingerprint density at radius 2 is 1.26 bits per heavy atom. The van der Waals surface area contributed by atoms with E-state index in [1.54, 1.807) is 9.80 Å². The van der Waals surface area contributed by atoms with E-state index in [4.69, 9.17) is 0 Å². The van der Waals surface area contributed by atoms with Gasteiger partial charge in [-0.05, 0) is 25.7 Å². The molecule has 0 bridgehead atoms. The number of thioether (sulfide) groups is 1. The Balaban J connectivity index is 1.73. The van der Waals surface area contributed by atoms with Gasteiger partial charge in [-0.3, -0.25) is 19.2 Å². The minimum Gasteiger partial charge on any atom is -0.481 e. The summed E-state index contributed by atoms with van der Waals surface area (Å²) in [6.07, 6.45) is 3.48. The molecule has 2 rings (SSSR count). The fourth-order valence-corrected chi connectivity index (χ4v) is 4.74. The van der Waals surface area contributed by atoms with Crippen LogP contribution in [0.2, 0.25) is 0 Å². The zero-order valence-electron chi connectivity index (χ0n) is 15.5. The fourth-order valence-electron chi connectivity index (χ4n) is 3.41. The number of carbonyl (C=O) groups is 4. The molecular weight excluding hydrogens is 372 g/mol. The molecule has 2 atom stereocenters. The highest BCUT2D eigenvalue weighted by Crippen LogP contribution is 2.21. The maximum absolute atomic E-state index is 11.6. The third-order valence-corrected chi connectivity index (χ3v) is 6.45. The van der Waals surface area contributed by atoms with Crippen LogP contribution in [0.3, 0.4) is 0 Å². The minimum absolute atomic E-state index is 0.0780. The number of aliphatic carboxylic acids is 2. The van der Waals surface area contributed by atoms with E-state index in [0.29, 0.717) is 63.4 Å². The smallest absolute Gasteiger partial charge is 0.307 e. The average Bonchev–Trinajstić information content (AvgIpc) is 3.21. The molecule has 0 aromatic carbocycles. The number of likely N-dealkylation sites (tertiary alicyclic amines) is 2. The van der Waals surface area contributed by atoms with Crippen molar-refractivity contribution < 1.29 is 29.4 Å². The summed E-state index contributed by atoms with van der Waals surface area (Å²) < 4.78 is 0. The van der Waals surface area contributed by atoms with Crippen molar-refractivity contribution in [3.63, 3.8) is 0 Å². The van der Waals surface area contributed by atoms with E-state index in [2.05, 4.69) is 0 Å². The molecule has 2 fully saturated rings. The Labute approximate surface area is 163 Å². The molecule has 152 valence electrons. The topological polar surface area (TPSA) is 115 Å². The molecule has 2 unspecified atom stereocenters. The van der Waals surface area contributed by atoms with Crippen molar-refractivity contribution in [3.8, 4) is 0 Å². The first-order valence-electron chi connectivity index (χ1n) is 9.47. The second-order valence-electron chi connectivity index (χ2n) is 7.15. The van der Waals surface area contributed by atoms with Crippen LogP contribution >= 0.6 is 11.8 Å². The lowest BCUT2D eigenvalue weighted by molar-refractivity contribution is -0.142. The highest BCUT2D eigenvalue weighted by atomic mass is 32.2. The molecule has 9 heteroatoms. The lowest BCUT2D eigenvalue weighted by Crippen LogP contribution is -2.30. The van der Waals surface area contributed by atoms with E-state index in [1.807, 2.05) is 0 Å². The lowest BCUT2D eigenvalue weighted by atomic mass is 10.1. The van der Waals surface area contributed by atoms with Crippen LogP contribution in [-0.2, 0) is 19.2 Å². The first-order valence-corrected chi connectivity index (χ1v) is 10.6. The molecule has 2 aliphatic rings. The van der Waals surface area contributed by atoms with E-state index >= 15 is 0 Å². The first kappa shape index (κ1) is 21.5.